The van der Waals surface area contributed by atoms with Crippen molar-refractivity contribution in [2.75, 3.05) is 19.0 Å². The van der Waals surface area contributed by atoms with Gasteiger partial charge in [-0.05, 0) is 50.3 Å². The highest BCUT2D eigenvalue weighted by Crippen LogP contribution is 2.40. The number of benzene rings is 1. The van der Waals surface area contributed by atoms with Crippen molar-refractivity contribution < 1.29 is 19.1 Å². The molecule has 2 heterocycles. The Balaban J connectivity index is 1.85. The summed E-state index contributed by atoms with van der Waals surface area (Å²) in [6.07, 6.45) is 4.97. The zero-order valence-electron chi connectivity index (χ0n) is 20.9. The number of fused-ring (bicyclic) bond motifs is 3. The Kier molecular flexibility index (Phi) is 6.60. The summed E-state index contributed by atoms with van der Waals surface area (Å²) in [5.74, 6) is 0.398. The van der Waals surface area contributed by atoms with E-state index in [1.54, 1.807) is 12.0 Å². The molecule has 8 nitrogen and oxygen atoms in total. The SMILES string of the molecule is COc1ccc2c(c1)c(NC(C)=O)c1n2C[C@@](C)(C(=O)NC2CCCC2)N(CCC(C)C)C1=O. The molecular formula is C26H36N4O4. The minimum atomic E-state index is -1.04. The third kappa shape index (κ3) is 4.26. The summed E-state index contributed by atoms with van der Waals surface area (Å²) in [5.41, 5.74) is 0.629. The summed E-state index contributed by atoms with van der Waals surface area (Å²) >= 11 is 0. The van der Waals surface area contributed by atoms with Gasteiger partial charge >= 0.3 is 0 Å². The van der Waals surface area contributed by atoms with Gasteiger partial charge in [0.05, 0.1) is 24.9 Å². The number of rotatable bonds is 7. The second kappa shape index (κ2) is 9.31. The number of hydrogen-bond acceptors (Lipinski definition) is 4. The van der Waals surface area contributed by atoms with Crippen LogP contribution in [0, 0.1) is 5.92 Å². The predicted molar refractivity (Wildman–Crippen MR) is 132 cm³/mol. The van der Waals surface area contributed by atoms with E-state index in [4.69, 9.17) is 4.74 Å². The van der Waals surface area contributed by atoms with Gasteiger partial charge in [-0.3, -0.25) is 14.4 Å². The van der Waals surface area contributed by atoms with Crippen molar-refractivity contribution in [2.45, 2.75) is 77.9 Å². The van der Waals surface area contributed by atoms with Crippen LogP contribution in [0.5, 0.6) is 5.75 Å². The number of aromatic nitrogens is 1. The molecule has 4 rings (SSSR count). The molecule has 1 fully saturated rings. The first-order valence-electron chi connectivity index (χ1n) is 12.3. The molecular weight excluding hydrogens is 432 g/mol. The summed E-state index contributed by atoms with van der Waals surface area (Å²) < 4.78 is 7.29. The standard InChI is InChI=1S/C26H36N4O4/c1-16(2)12-13-30-24(32)23-22(27-17(3)31)20-14-19(34-5)10-11-21(20)29(23)15-26(30,4)25(33)28-18-8-6-7-9-18/h10-11,14,16,18H,6-9,12-13,15H2,1-5H3,(H,27,31)(H,28,33)/t26-/m0/s1. The smallest absolute Gasteiger partial charge is 0.273 e. The summed E-state index contributed by atoms with van der Waals surface area (Å²) in [5, 5.41) is 6.83. The molecule has 3 amide bonds. The molecule has 1 atom stereocenters. The van der Waals surface area contributed by atoms with E-state index in [0.29, 0.717) is 36.1 Å². The van der Waals surface area contributed by atoms with Crippen molar-refractivity contribution in [1.82, 2.24) is 14.8 Å². The number of methoxy groups -OCH3 is 1. The van der Waals surface area contributed by atoms with Gasteiger partial charge in [0.15, 0.2) is 0 Å². The monoisotopic (exact) mass is 468 g/mol. The zero-order chi connectivity index (χ0) is 24.6. The van der Waals surface area contributed by atoms with E-state index >= 15 is 0 Å². The Bertz CT molecular complexity index is 1120. The highest BCUT2D eigenvalue weighted by molar-refractivity contribution is 6.14. The number of carbonyl (C=O) groups is 3. The van der Waals surface area contributed by atoms with Gasteiger partial charge in [-0.1, -0.05) is 26.7 Å². The molecule has 8 heteroatoms. The van der Waals surface area contributed by atoms with Crippen LogP contribution in [0.1, 0.15) is 70.3 Å². The molecule has 1 aromatic carbocycles. The third-order valence-electron chi connectivity index (χ3n) is 7.19. The maximum absolute atomic E-state index is 14.1. The normalized spacial score (nSPS) is 20.6. The van der Waals surface area contributed by atoms with Crippen molar-refractivity contribution in [1.29, 1.82) is 0 Å². The molecule has 0 unspecified atom stereocenters. The van der Waals surface area contributed by atoms with Crippen LogP contribution in [0.2, 0.25) is 0 Å². The van der Waals surface area contributed by atoms with Gasteiger partial charge in [-0.2, -0.15) is 0 Å². The molecule has 0 saturated heterocycles. The fourth-order valence-electron chi connectivity index (χ4n) is 5.24. The molecule has 1 aliphatic heterocycles. The predicted octanol–water partition coefficient (Wildman–Crippen LogP) is 3.93. The maximum Gasteiger partial charge on any atom is 0.273 e. The largest absolute Gasteiger partial charge is 0.497 e. The van der Waals surface area contributed by atoms with Crippen LogP contribution in [-0.2, 0) is 16.1 Å². The van der Waals surface area contributed by atoms with Crippen LogP contribution in [0.4, 0.5) is 5.69 Å². The van der Waals surface area contributed by atoms with Gasteiger partial charge in [0.2, 0.25) is 11.8 Å². The molecule has 1 aliphatic carbocycles. The fourth-order valence-corrected chi connectivity index (χ4v) is 5.24. The summed E-state index contributed by atoms with van der Waals surface area (Å²) in [6.45, 7) is 8.29. The minimum absolute atomic E-state index is 0.112. The second-order valence-electron chi connectivity index (χ2n) is 10.2. The average molecular weight is 469 g/mol. The molecule has 2 N–H and O–H groups in total. The van der Waals surface area contributed by atoms with Crippen molar-refractivity contribution in [3.05, 3.63) is 23.9 Å². The number of hydrogen-bond donors (Lipinski definition) is 2. The Morgan fingerprint density at radius 3 is 2.56 bits per heavy atom. The lowest BCUT2D eigenvalue weighted by molar-refractivity contribution is -0.133. The van der Waals surface area contributed by atoms with E-state index in [1.165, 1.54) is 6.92 Å². The highest BCUT2D eigenvalue weighted by atomic mass is 16.5. The van der Waals surface area contributed by atoms with Crippen molar-refractivity contribution in [2.24, 2.45) is 5.92 Å². The molecule has 2 aliphatic rings. The molecule has 34 heavy (non-hydrogen) atoms. The first-order chi connectivity index (χ1) is 16.2. The van der Waals surface area contributed by atoms with Crippen LogP contribution < -0.4 is 15.4 Å². The van der Waals surface area contributed by atoms with E-state index in [0.717, 1.165) is 43.0 Å². The molecule has 1 aromatic heterocycles. The first kappa shape index (κ1) is 24.1. The van der Waals surface area contributed by atoms with Gasteiger partial charge in [0.25, 0.3) is 5.91 Å². The molecule has 1 saturated carbocycles. The van der Waals surface area contributed by atoms with Crippen LogP contribution in [0.3, 0.4) is 0 Å². The maximum atomic E-state index is 14.1. The van der Waals surface area contributed by atoms with E-state index in [1.807, 2.05) is 29.7 Å². The summed E-state index contributed by atoms with van der Waals surface area (Å²) in [4.78, 5) is 41.6. The molecule has 0 bridgehead atoms. The highest BCUT2D eigenvalue weighted by Gasteiger charge is 2.49. The molecule has 184 valence electrons. The lowest BCUT2D eigenvalue weighted by Crippen LogP contribution is -2.65. The van der Waals surface area contributed by atoms with Crippen LogP contribution in [0.15, 0.2) is 18.2 Å². The average Bonchev–Trinajstić information content (AvgIpc) is 3.39. The van der Waals surface area contributed by atoms with Gasteiger partial charge in [-0.15, -0.1) is 0 Å². The van der Waals surface area contributed by atoms with E-state index in [9.17, 15) is 14.4 Å². The fraction of sp³-hybridized carbons (Fsp3) is 0.577. The third-order valence-corrected chi connectivity index (χ3v) is 7.19. The number of amides is 3. The van der Waals surface area contributed by atoms with E-state index in [2.05, 4.69) is 24.5 Å². The lowest BCUT2D eigenvalue weighted by atomic mass is 9.93. The summed E-state index contributed by atoms with van der Waals surface area (Å²) in [6, 6.07) is 5.70. The van der Waals surface area contributed by atoms with E-state index < -0.39 is 5.54 Å². The topological polar surface area (TPSA) is 92.7 Å². The van der Waals surface area contributed by atoms with Crippen molar-refractivity contribution >= 4 is 34.3 Å². The molecule has 0 spiro atoms. The molecule has 0 radical (unpaired) electrons. The van der Waals surface area contributed by atoms with Crippen molar-refractivity contribution in [3.8, 4) is 5.75 Å². The van der Waals surface area contributed by atoms with Gasteiger partial charge in [0, 0.05) is 24.9 Å². The minimum Gasteiger partial charge on any atom is -0.497 e. The van der Waals surface area contributed by atoms with Gasteiger partial charge in [0.1, 0.15) is 17.0 Å². The van der Waals surface area contributed by atoms with Crippen LogP contribution in [-0.4, -0.2) is 52.4 Å². The van der Waals surface area contributed by atoms with Gasteiger partial charge in [-0.25, -0.2) is 0 Å². The Morgan fingerprint density at radius 1 is 1.24 bits per heavy atom. The lowest BCUT2D eigenvalue weighted by Gasteiger charge is -2.45. The second-order valence-corrected chi connectivity index (χ2v) is 10.2. The quantitative estimate of drug-likeness (QED) is 0.644. The number of ether oxygens (including phenoxy) is 1. The van der Waals surface area contributed by atoms with Gasteiger partial charge < -0.3 is 24.8 Å². The number of anilines is 1. The number of nitrogens with zero attached hydrogens (tertiary/aromatic N) is 2. The number of carbonyl (C=O) groups excluding carboxylic acids is 3. The van der Waals surface area contributed by atoms with Crippen LogP contribution in [0.25, 0.3) is 10.9 Å². The Hall–Kier alpha value is -3.03. The Morgan fingerprint density at radius 2 is 1.94 bits per heavy atom. The first-order valence-corrected chi connectivity index (χ1v) is 12.3. The summed E-state index contributed by atoms with van der Waals surface area (Å²) in [7, 11) is 1.58. The zero-order valence-corrected chi connectivity index (χ0v) is 20.9. The van der Waals surface area contributed by atoms with E-state index in [-0.39, 0.29) is 23.8 Å². The Labute approximate surface area is 201 Å². The van der Waals surface area contributed by atoms with Crippen LogP contribution >= 0.6 is 0 Å². The van der Waals surface area contributed by atoms with Crippen molar-refractivity contribution in [3.63, 3.8) is 0 Å². The molecule has 2 aromatic rings. The number of nitrogens with one attached hydrogen (secondary N) is 2.